The molecule has 0 aliphatic carbocycles. The van der Waals surface area contributed by atoms with Crippen molar-refractivity contribution in [2.24, 2.45) is 11.8 Å². The van der Waals surface area contributed by atoms with Crippen LogP contribution in [0.4, 0.5) is 13.2 Å². The van der Waals surface area contributed by atoms with Crippen molar-refractivity contribution in [1.82, 2.24) is 19.9 Å². The van der Waals surface area contributed by atoms with Crippen LogP contribution in [0.1, 0.15) is 43.7 Å². The summed E-state index contributed by atoms with van der Waals surface area (Å²) in [6, 6.07) is 5.06. The van der Waals surface area contributed by atoms with E-state index in [1.165, 1.54) is 24.4 Å². The Kier molecular flexibility index (Phi) is 6.05. The van der Waals surface area contributed by atoms with Crippen LogP contribution >= 0.6 is 0 Å². The van der Waals surface area contributed by atoms with Gasteiger partial charge in [0.05, 0.1) is 17.4 Å². The Balaban J connectivity index is 2.33. The van der Waals surface area contributed by atoms with E-state index >= 15 is 0 Å². The van der Waals surface area contributed by atoms with Gasteiger partial charge in [-0.3, -0.25) is 4.79 Å². The third-order valence-corrected chi connectivity index (χ3v) is 3.63. The van der Waals surface area contributed by atoms with Gasteiger partial charge >= 0.3 is 6.18 Å². The van der Waals surface area contributed by atoms with Crippen molar-refractivity contribution >= 4 is 5.91 Å². The summed E-state index contributed by atoms with van der Waals surface area (Å²) in [5, 5.41) is 7.55. The number of amides is 1. The van der Waals surface area contributed by atoms with Crippen molar-refractivity contribution in [3.63, 3.8) is 0 Å². The Labute approximate surface area is 150 Å². The molecule has 0 fully saturated rings. The number of alkyl halides is 3. The highest BCUT2D eigenvalue weighted by atomic mass is 19.4. The fraction of sp³-hybridized carbons (Fsp3) is 0.500. The van der Waals surface area contributed by atoms with Crippen molar-refractivity contribution in [1.29, 1.82) is 0 Å². The molecule has 0 atom stereocenters. The highest BCUT2D eigenvalue weighted by molar-refractivity contribution is 5.92. The molecule has 0 radical (unpaired) electrons. The van der Waals surface area contributed by atoms with Gasteiger partial charge in [0.15, 0.2) is 5.69 Å². The van der Waals surface area contributed by atoms with Gasteiger partial charge in [0, 0.05) is 13.1 Å². The topological polar surface area (TPSA) is 51.0 Å². The summed E-state index contributed by atoms with van der Waals surface area (Å²) < 4.78 is 40.5. The molecule has 0 bridgehead atoms. The van der Waals surface area contributed by atoms with Crippen LogP contribution in [-0.4, -0.2) is 38.9 Å². The number of hydrogen-bond donors (Lipinski definition) is 0. The van der Waals surface area contributed by atoms with Crippen molar-refractivity contribution in [2.75, 3.05) is 13.1 Å². The quantitative estimate of drug-likeness (QED) is 0.773. The number of nitrogens with zero attached hydrogens (tertiary/aromatic N) is 4. The maximum absolute atomic E-state index is 13.2. The van der Waals surface area contributed by atoms with Crippen LogP contribution in [0.5, 0.6) is 0 Å². The summed E-state index contributed by atoms with van der Waals surface area (Å²) in [5.74, 6) is 0.195. The van der Waals surface area contributed by atoms with E-state index in [1.807, 2.05) is 27.7 Å². The number of aromatic nitrogens is 3. The molecule has 2 rings (SSSR count). The van der Waals surface area contributed by atoms with E-state index < -0.39 is 11.7 Å². The van der Waals surface area contributed by atoms with Gasteiger partial charge in [0.25, 0.3) is 5.91 Å². The number of benzene rings is 1. The lowest BCUT2D eigenvalue weighted by molar-refractivity contribution is -0.137. The summed E-state index contributed by atoms with van der Waals surface area (Å²) >= 11 is 0. The first-order valence-corrected chi connectivity index (χ1v) is 8.47. The molecule has 0 saturated carbocycles. The zero-order valence-electron chi connectivity index (χ0n) is 15.3. The molecule has 1 aromatic heterocycles. The standard InChI is InChI=1S/C18H23F3N4O/c1-12(2)9-24(10-13(3)4)17(26)15-11-25(23-22-15)16-8-6-5-7-14(16)18(19,20)21/h5-8,11-13H,9-10H2,1-4H3. The third kappa shape index (κ3) is 4.83. The van der Waals surface area contributed by atoms with Crippen LogP contribution in [-0.2, 0) is 6.18 Å². The first-order valence-electron chi connectivity index (χ1n) is 8.47. The average molecular weight is 368 g/mol. The van der Waals surface area contributed by atoms with Crippen LogP contribution in [0.2, 0.25) is 0 Å². The number of rotatable bonds is 6. The summed E-state index contributed by atoms with van der Waals surface area (Å²) in [6.07, 6.45) is -3.27. The lowest BCUT2D eigenvalue weighted by Gasteiger charge is -2.25. The predicted octanol–water partition coefficient (Wildman–Crippen LogP) is 4.04. The average Bonchev–Trinajstić information content (AvgIpc) is 3.01. The molecular formula is C18H23F3N4O. The Bertz CT molecular complexity index is 743. The minimum atomic E-state index is -4.52. The molecule has 1 amide bonds. The summed E-state index contributed by atoms with van der Waals surface area (Å²) in [7, 11) is 0. The van der Waals surface area contributed by atoms with Gasteiger partial charge in [-0.1, -0.05) is 45.0 Å². The van der Waals surface area contributed by atoms with E-state index in [2.05, 4.69) is 10.3 Å². The van der Waals surface area contributed by atoms with Crippen LogP contribution in [0, 0.1) is 11.8 Å². The number of para-hydroxylation sites is 1. The monoisotopic (exact) mass is 368 g/mol. The molecule has 0 unspecified atom stereocenters. The van der Waals surface area contributed by atoms with Crippen LogP contribution in [0.3, 0.4) is 0 Å². The Hall–Kier alpha value is -2.38. The van der Waals surface area contributed by atoms with Crippen LogP contribution in [0.25, 0.3) is 5.69 Å². The highest BCUT2D eigenvalue weighted by Gasteiger charge is 2.34. The Morgan fingerprint density at radius 2 is 1.69 bits per heavy atom. The molecule has 2 aromatic rings. The molecule has 5 nitrogen and oxygen atoms in total. The minimum Gasteiger partial charge on any atom is -0.337 e. The van der Waals surface area contributed by atoms with E-state index in [9.17, 15) is 18.0 Å². The maximum Gasteiger partial charge on any atom is 0.418 e. The van der Waals surface area contributed by atoms with Crippen LogP contribution in [0.15, 0.2) is 30.5 Å². The number of hydrogen-bond acceptors (Lipinski definition) is 3. The number of carbonyl (C=O) groups excluding carboxylic acids is 1. The summed E-state index contributed by atoms with van der Waals surface area (Å²) in [6.45, 7) is 9.08. The zero-order valence-corrected chi connectivity index (χ0v) is 15.3. The Morgan fingerprint density at radius 1 is 1.12 bits per heavy atom. The van der Waals surface area contributed by atoms with Gasteiger partial charge in [-0.15, -0.1) is 5.10 Å². The molecule has 0 aliphatic heterocycles. The zero-order chi connectivity index (χ0) is 19.5. The first kappa shape index (κ1) is 19.9. The van der Waals surface area contributed by atoms with E-state index in [4.69, 9.17) is 0 Å². The molecule has 26 heavy (non-hydrogen) atoms. The lowest BCUT2D eigenvalue weighted by Crippen LogP contribution is -2.37. The molecular weight excluding hydrogens is 345 g/mol. The molecule has 142 valence electrons. The predicted molar refractivity (Wildman–Crippen MR) is 91.9 cm³/mol. The van der Waals surface area contributed by atoms with Gasteiger partial charge in [0.2, 0.25) is 0 Å². The third-order valence-electron chi connectivity index (χ3n) is 3.63. The fourth-order valence-electron chi connectivity index (χ4n) is 2.68. The Morgan fingerprint density at radius 3 is 2.23 bits per heavy atom. The molecule has 0 saturated heterocycles. The number of carbonyl (C=O) groups is 1. The number of halogens is 3. The first-order chi connectivity index (χ1) is 12.1. The van der Waals surface area contributed by atoms with E-state index in [0.29, 0.717) is 13.1 Å². The van der Waals surface area contributed by atoms with E-state index in [0.717, 1.165) is 10.7 Å². The summed E-state index contributed by atoms with van der Waals surface area (Å²) in [4.78, 5) is 14.4. The van der Waals surface area contributed by atoms with Gasteiger partial charge in [0.1, 0.15) is 0 Å². The molecule has 0 aliphatic rings. The second-order valence-electron chi connectivity index (χ2n) is 7.06. The molecule has 0 spiro atoms. The normalized spacial score (nSPS) is 12.0. The molecule has 0 N–H and O–H groups in total. The largest absolute Gasteiger partial charge is 0.418 e. The highest BCUT2D eigenvalue weighted by Crippen LogP contribution is 2.33. The molecule has 1 aromatic carbocycles. The van der Waals surface area contributed by atoms with Gasteiger partial charge in [-0.2, -0.15) is 13.2 Å². The van der Waals surface area contributed by atoms with Gasteiger partial charge in [-0.25, -0.2) is 4.68 Å². The molecule has 8 heteroatoms. The van der Waals surface area contributed by atoms with E-state index in [1.54, 1.807) is 4.90 Å². The SMILES string of the molecule is CC(C)CN(CC(C)C)C(=O)c1cn(-c2ccccc2C(F)(F)F)nn1. The smallest absolute Gasteiger partial charge is 0.337 e. The van der Waals surface area contributed by atoms with Gasteiger partial charge in [-0.05, 0) is 24.0 Å². The van der Waals surface area contributed by atoms with Crippen molar-refractivity contribution < 1.29 is 18.0 Å². The molecule has 1 heterocycles. The van der Waals surface area contributed by atoms with Gasteiger partial charge < -0.3 is 4.90 Å². The lowest BCUT2D eigenvalue weighted by atomic mass is 10.1. The fourth-order valence-corrected chi connectivity index (χ4v) is 2.68. The summed E-state index contributed by atoms with van der Waals surface area (Å²) in [5.41, 5.74) is -0.959. The second-order valence-corrected chi connectivity index (χ2v) is 7.06. The maximum atomic E-state index is 13.2. The van der Waals surface area contributed by atoms with Crippen LogP contribution < -0.4 is 0 Å². The van der Waals surface area contributed by atoms with Crippen molar-refractivity contribution in [3.05, 3.63) is 41.7 Å². The van der Waals surface area contributed by atoms with E-state index in [-0.39, 0.29) is 29.1 Å². The second kappa shape index (κ2) is 7.88. The van der Waals surface area contributed by atoms with Crippen molar-refractivity contribution in [2.45, 2.75) is 33.9 Å². The minimum absolute atomic E-state index is 0.0308. The van der Waals surface area contributed by atoms with Crippen molar-refractivity contribution in [3.8, 4) is 5.69 Å².